The number of hydrogen-bond donors (Lipinski definition) is 2. The van der Waals surface area contributed by atoms with E-state index in [1.54, 1.807) is 13.8 Å². The number of halogens is 2. The smallest absolute Gasteiger partial charge is 0.342 e. The van der Waals surface area contributed by atoms with E-state index < -0.39 is 27.8 Å². The summed E-state index contributed by atoms with van der Waals surface area (Å²) in [4.78, 5) is 24.7. The van der Waals surface area contributed by atoms with Crippen LogP contribution in [-0.4, -0.2) is 69.6 Å². The zero-order chi connectivity index (χ0) is 56.7. The quantitative estimate of drug-likeness (QED) is 0.0200. The van der Waals surface area contributed by atoms with E-state index in [1.807, 2.05) is 161 Å². The molecule has 0 spiro atoms. The lowest BCUT2D eigenvalue weighted by Crippen LogP contribution is -2.31. The van der Waals surface area contributed by atoms with Gasteiger partial charge in [0.2, 0.25) is 8.45 Å². The van der Waals surface area contributed by atoms with Gasteiger partial charge in [-0.3, -0.25) is 9.36 Å². The van der Waals surface area contributed by atoms with Crippen molar-refractivity contribution in [3.05, 3.63) is 250 Å². The number of ether oxygens (including phenoxy) is 2. The monoisotopic (exact) mass is 1250 g/mol. The van der Waals surface area contributed by atoms with Crippen LogP contribution in [0.5, 0.6) is 0 Å². The van der Waals surface area contributed by atoms with E-state index in [-0.39, 0.29) is 12.6 Å². The molecule has 0 radical (unpaired) electrons. The second-order valence-corrected chi connectivity index (χ2v) is 24.6. The van der Waals surface area contributed by atoms with Crippen molar-refractivity contribution in [3.63, 3.8) is 0 Å². The molecular weight excluding hydrogens is 1190 g/mol. The molecule has 2 aliphatic rings. The predicted molar refractivity (Wildman–Crippen MR) is 341 cm³/mol. The molecule has 17 heteroatoms. The number of carbonyl (C=O) groups is 2. The van der Waals surface area contributed by atoms with Gasteiger partial charge in [-0.1, -0.05) is 160 Å². The molecule has 7 aromatic rings. The van der Waals surface area contributed by atoms with Crippen LogP contribution >= 0.6 is 60.0 Å². The van der Waals surface area contributed by atoms with Crippen molar-refractivity contribution < 1.29 is 28.2 Å². The fourth-order valence-electron chi connectivity index (χ4n) is 8.82. The second kappa shape index (κ2) is 31.3. The van der Waals surface area contributed by atoms with Gasteiger partial charge in [0, 0.05) is 81.8 Å². The van der Waals surface area contributed by atoms with Gasteiger partial charge in [-0.2, -0.15) is 0 Å². The van der Waals surface area contributed by atoms with Crippen LogP contribution in [0.2, 0.25) is 0 Å². The van der Waals surface area contributed by atoms with E-state index in [1.165, 1.54) is 11.4 Å². The normalized spacial score (nSPS) is 13.8. The molecule has 414 valence electrons. The van der Waals surface area contributed by atoms with Crippen molar-refractivity contribution >= 4 is 105 Å². The van der Waals surface area contributed by atoms with Gasteiger partial charge in [0.25, 0.3) is 7.44 Å². The van der Waals surface area contributed by atoms with Crippen molar-refractivity contribution in [3.8, 4) is 0 Å². The van der Waals surface area contributed by atoms with Gasteiger partial charge in [-0.25, -0.2) is 4.79 Å². The molecule has 12 nitrogen and oxygen atoms in total. The molecule has 2 heterocycles. The number of nitrogens with zero attached hydrogens (tertiary/aromatic N) is 4. The first-order valence-corrected chi connectivity index (χ1v) is 31.1. The number of anilines is 5. The number of esters is 2. The van der Waals surface area contributed by atoms with Crippen molar-refractivity contribution in [2.24, 2.45) is 5.92 Å². The molecule has 0 aliphatic carbocycles. The van der Waals surface area contributed by atoms with E-state index in [4.69, 9.17) is 26.2 Å². The third kappa shape index (κ3) is 16.9. The van der Waals surface area contributed by atoms with E-state index in [0.29, 0.717) is 61.7 Å². The van der Waals surface area contributed by atoms with Gasteiger partial charge in [-0.05, 0) is 129 Å². The van der Waals surface area contributed by atoms with E-state index in [9.17, 15) is 9.59 Å². The Morgan fingerprint density at radius 1 is 0.637 bits per heavy atom. The molecule has 0 bridgehead atoms. The van der Waals surface area contributed by atoms with Crippen LogP contribution in [-0.2, 0) is 41.0 Å². The Morgan fingerprint density at radius 3 is 1.52 bits per heavy atom. The second-order valence-electron chi connectivity index (χ2n) is 18.0. The summed E-state index contributed by atoms with van der Waals surface area (Å²) < 4.78 is 42.4. The largest absolute Gasteiger partial charge is 0.466 e. The maximum atomic E-state index is 15.1. The number of carbonyl (C=O) groups excluding carboxylic acids is 2. The van der Waals surface area contributed by atoms with Gasteiger partial charge in [0.15, 0.2) is 5.11 Å². The van der Waals surface area contributed by atoms with Crippen LogP contribution in [0.1, 0.15) is 25.0 Å². The highest BCUT2D eigenvalue weighted by molar-refractivity contribution is 9.10. The number of para-hydroxylation sites is 5. The minimum absolute atomic E-state index is 0.248. The summed E-state index contributed by atoms with van der Waals surface area (Å²) in [6.45, 7) is 16.2. The van der Waals surface area contributed by atoms with Crippen LogP contribution in [0.4, 0.5) is 28.4 Å². The standard InChI is InChI=1S/C27H28BrN2O3P.C23H25N4OPS.C13H13BrO2/c1-3-33-27(31)26(20-22-14-16-23(28)17-15-22)21(2)34(32)29(24-10-6-4-7-11-24)18-19-30(34)25-12-8-5-9-13-25;30-23(25-20-10-4-1-5-11-20)24-16-19-28-29-26(21-12-6-2-7-13-21)17-18-27(29)22-14-8-3-9-15-22;1-3-11(13(15)16-4-2)9-10-5-7-12(14)8-6-10/h4-17,26H,2-3,18-20H2,1H3;1-15H,16-19H2,(H2,24,25,30);5-8H,1,4,9H2,2H3. The molecule has 2 fully saturated rings. The van der Waals surface area contributed by atoms with Gasteiger partial charge in [0.1, 0.15) is 0 Å². The molecule has 9 rings (SSSR count). The molecule has 2 saturated heterocycles. The lowest BCUT2D eigenvalue weighted by molar-refractivity contribution is -0.146. The fourth-order valence-corrected chi connectivity index (χ4v) is 14.6. The van der Waals surface area contributed by atoms with Gasteiger partial charge < -0.3 is 43.3 Å². The first kappa shape index (κ1) is 60.8. The highest BCUT2D eigenvalue weighted by atomic mass is 79.9. The Labute approximate surface area is 494 Å². The fraction of sp³-hybridized carbons (Fsp3) is 0.206. The molecule has 0 amide bonds. The first-order valence-electron chi connectivity index (χ1n) is 26.3. The van der Waals surface area contributed by atoms with Gasteiger partial charge in [0.05, 0.1) is 31.3 Å². The van der Waals surface area contributed by atoms with E-state index in [0.717, 1.165) is 50.2 Å². The SMILES string of the molecule is C=C(C(Cc1ccc(Br)cc1)C(=O)OCC)P1(=O)N(c2ccccc2)CCN1c1ccccc1.C=C=C(Cc1ccc(Br)cc1)C(=O)OCC.S=C(NCCOP1N(c2ccccc2)CCN1c1ccccc1)Nc1ccccc1. The Morgan fingerprint density at radius 2 is 1.07 bits per heavy atom. The van der Waals surface area contributed by atoms with Gasteiger partial charge in [-0.15, -0.1) is 5.73 Å². The third-order valence-electron chi connectivity index (χ3n) is 12.7. The van der Waals surface area contributed by atoms with Crippen LogP contribution in [0.15, 0.2) is 239 Å². The van der Waals surface area contributed by atoms with Crippen molar-refractivity contribution in [1.82, 2.24) is 5.32 Å². The molecule has 2 N–H and O–H groups in total. The highest BCUT2D eigenvalue weighted by Crippen LogP contribution is 2.67. The van der Waals surface area contributed by atoms with Crippen LogP contribution in [0.3, 0.4) is 0 Å². The van der Waals surface area contributed by atoms with E-state index >= 15 is 4.57 Å². The minimum atomic E-state index is -3.44. The summed E-state index contributed by atoms with van der Waals surface area (Å²) in [5.41, 5.74) is 10.1. The molecule has 1 atom stereocenters. The summed E-state index contributed by atoms with van der Waals surface area (Å²) in [5, 5.41) is 7.41. The summed E-state index contributed by atoms with van der Waals surface area (Å²) in [7, 11) is -4.38. The maximum Gasteiger partial charge on any atom is 0.342 e. The average Bonchev–Trinajstić information content (AvgIpc) is 4.29. The molecule has 1 unspecified atom stereocenters. The Hall–Kier alpha value is -6.79. The number of benzene rings is 7. The highest BCUT2D eigenvalue weighted by Gasteiger charge is 2.49. The summed E-state index contributed by atoms with van der Waals surface area (Å²) in [5.74, 6) is -1.50. The summed E-state index contributed by atoms with van der Waals surface area (Å²) in [6, 6.07) is 65.8. The Balaban J connectivity index is 0.000000184. The van der Waals surface area contributed by atoms with Crippen molar-refractivity contribution in [1.29, 1.82) is 0 Å². The number of thiocarbonyl (C=S) groups is 1. The summed E-state index contributed by atoms with van der Waals surface area (Å²) >= 11 is 12.2. The number of rotatable bonds is 19. The minimum Gasteiger partial charge on any atom is -0.466 e. The number of hydrogen-bond acceptors (Lipinski definition) is 9. The first-order chi connectivity index (χ1) is 38.9. The zero-order valence-corrected chi connectivity index (χ0v) is 50.7. The lowest BCUT2D eigenvalue weighted by Gasteiger charge is -2.36. The molecule has 0 saturated carbocycles. The third-order valence-corrected chi connectivity index (χ3v) is 19.3. The molecule has 2 aliphatic heterocycles. The van der Waals surface area contributed by atoms with Gasteiger partial charge >= 0.3 is 11.9 Å². The molecule has 0 aromatic heterocycles. The maximum absolute atomic E-state index is 15.1. The van der Waals surface area contributed by atoms with Crippen LogP contribution in [0.25, 0.3) is 0 Å². The predicted octanol–water partition coefficient (Wildman–Crippen LogP) is 15.4. The molecule has 7 aromatic carbocycles. The lowest BCUT2D eigenvalue weighted by atomic mass is 9.99. The number of nitrogens with one attached hydrogen (secondary N) is 2. The van der Waals surface area contributed by atoms with Crippen molar-refractivity contribution in [2.75, 3.05) is 76.5 Å². The molecule has 80 heavy (non-hydrogen) atoms. The van der Waals surface area contributed by atoms with Crippen LogP contribution < -0.4 is 29.3 Å². The Bertz CT molecular complexity index is 3090. The molecular formula is C63H66Br2N6O6P2S. The summed E-state index contributed by atoms with van der Waals surface area (Å²) in [6.07, 6.45) is 0.857. The average molecular weight is 1260 g/mol. The van der Waals surface area contributed by atoms with Crippen LogP contribution in [0, 0.1) is 5.92 Å². The van der Waals surface area contributed by atoms with E-state index in [2.05, 4.69) is 119 Å². The zero-order valence-electron chi connectivity index (χ0n) is 44.9. The Kier molecular flexibility index (Phi) is 23.8. The van der Waals surface area contributed by atoms with Crippen molar-refractivity contribution in [2.45, 2.75) is 26.7 Å². The topological polar surface area (TPSA) is 116 Å².